The predicted octanol–water partition coefficient (Wildman–Crippen LogP) is 7.19. The Labute approximate surface area is 134 Å². The zero-order valence-corrected chi connectivity index (χ0v) is 16.2. The van der Waals surface area contributed by atoms with Gasteiger partial charge in [-0.25, -0.2) is 0 Å². The summed E-state index contributed by atoms with van der Waals surface area (Å²) in [5.41, 5.74) is 3.50. The molecule has 0 aromatic rings. The Morgan fingerprint density at radius 1 is 0.952 bits per heavy atom. The first-order valence-corrected chi connectivity index (χ1v) is 8.23. The third kappa shape index (κ3) is 7.16. The molecule has 122 valence electrons. The van der Waals surface area contributed by atoms with E-state index in [1.165, 1.54) is 17.6 Å². The van der Waals surface area contributed by atoms with Crippen molar-refractivity contribution in [1.82, 2.24) is 0 Å². The Hall–Kier alpha value is -0.780. The van der Waals surface area contributed by atoms with Crippen molar-refractivity contribution in [2.75, 3.05) is 0 Å². The molecule has 21 heavy (non-hydrogen) atoms. The van der Waals surface area contributed by atoms with E-state index in [1.807, 2.05) is 0 Å². The van der Waals surface area contributed by atoms with Crippen LogP contribution in [0.5, 0.6) is 0 Å². The van der Waals surface area contributed by atoms with Gasteiger partial charge in [-0.3, -0.25) is 0 Å². The Balaban J connectivity index is 5.79. The summed E-state index contributed by atoms with van der Waals surface area (Å²) in [5.74, 6) is 0.521. The van der Waals surface area contributed by atoms with E-state index in [1.54, 1.807) is 0 Å². The monoisotopic (exact) mass is 290 g/mol. The molecule has 0 aliphatic heterocycles. The summed E-state index contributed by atoms with van der Waals surface area (Å²) >= 11 is 0. The van der Waals surface area contributed by atoms with Crippen molar-refractivity contribution >= 4 is 0 Å². The molecule has 0 aliphatic rings. The maximum atomic E-state index is 4.10. The smallest absolute Gasteiger partial charge is 0.0108 e. The molecule has 1 unspecified atom stereocenters. The van der Waals surface area contributed by atoms with E-state index in [0.717, 1.165) is 0 Å². The summed E-state index contributed by atoms with van der Waals surface area (Å²) in [6.07, 6.45) is 7.85. The first kappa shape index (κ1) is 20.2. The molecular weight excluding hydrogens is 252 g/mol. The van der Waals surface area contributed by atoms with Crippen molar-refractivity contribution in [1.29, 1.82) is 0 Å². The molecule has 0 fully saturated rings. The maximum absolute atomic E-state index is 4.10. The van der Waals surface area contributed by atoms with E-state index in [4.69, 9.17) is 0 Å². The highest BCUT2D eigenvalue weighted by molar-refractivity contribution is 5.34. The minimum atomic E-state index is 0.174. The zero-order valence-electron chi connectivity index (χ0n) is 16.2. The molecule has 0 heteroatoms. The van der Waals surface area contributed by atoms with Crippen molar-refractivity contribution in [3.05, 3.63) is 36.0 Å². The van der Waals surface area contributed by atoms with Crippen LogP contribution in [0.2, 0.25) is 0 Å². The first-order valence-electron chi connectivity index (χ1n) is 8.23. The summed E-state index contributed by atoms with van der Waals surface area (Å²) in [6, 6.07) is 0. The topological polar surface area (TPSA) is 0 Å². The van der Waals surface area contributed by atoms with Gasteiger partial charge in [-0.2, -0.15) is 0 Å². The van der Waals surface area contributed by atoms with Gasteiger partial charge in [0.1, 0.15) is 0 Å². The molecule has 0 saturated heterocycles. The van der Waals surface area contributed by atoms with Crippen LogP contribution in [0.4, 0.5) is 0 Å². The van der Waals surface area contributed by atoms with Crippen LogP contribution in [-0.4, -0.2) is 0 Å². The van der Waals surface area contributed by atoms with E-state index >= 15 is 0 Å². The predicted molar refractivity (Wildman–Crippen MR) is 98.5 cm³/mol. The average Bonchev–Trinajstić information content (AvgIpc) is 2.23. The largest absolute Gasteiger partial charge is 0.0988 e. The molecule has 0 aromatic carbocycles. The van der Waals surface area contributed by atoms with Gasteiger partial charge in [-0.1, -0.05) is 87.1 Å². The summed E-state index contributed by atoms with van der Waals surface area (Å²) in [4.78, 5) is 0. The Bertz CT molecular complexity index is 397. The van der Waals surface area contributed by atoms with Crippen LogP contribution in [-0.2, 0) is 0 Å². The SMILES string of the molecule is C=CC(=CC(=CC)C(C)(C)C)C(CC(C)(C)C)C(C)(C)C. The van der Waals surface area contributed by atoms with E-state index < -0.39 is 0 Å². The lowest BCUT2D eigenvalue weighted by atomic mass is 9.68. The maximum Gasteiger partial charge on any atom is -0.0108 e. The number of hydrogen-bond acceptors (Lipinski definition) is 0. The van der Waals surface area contributed by atoms with Crippen LogP contribution in [0.25, 0.3) is 0 Å². The highest BCUT2D eigenvalue weighted by Gasteiger charge is 2.31. The molecule has 0 aliphatic carbocycles. The second kappa shape index (κ2) is 6.99. The van der Waals surface area contributed by atoms with Crippen molar-refractivity contribution in [2.45, 2.75) is 75.7 Å². The van der Waals surface area contributed by atoms with Gasteiger partial charge in [0.2, 0.25) is 0 Å². The second-order valence-electron chi connectivity index (χ2n) is 9.53. The number of hydrogen-bond donors (Lipinski definition) is 0. The van der Waals surface area contributed by atoms with E-state index in [2.05, 4.69) is 94.0 Å². The molecule has 0 nitrogen and oxygen atoms in total. The lowest BCUT2D eigenvalue weighted by Gasteiger charge is -2.37. The third-order valence-electron chi connectivity index (χ3n) is 4.00. The summed E-state index contributed by atoms with van der Waals surface area (Å²) in [7, 11) is 0. The van der Waals surface area contributed by atoms with Crippen molar-refractivity contribution in [3.63, 3.8) is 0 Å². The second-order valence-corrected chi connectivity index (χ2v) is 9.53. The highest BCUT2D eigenvalue weighted by Crippen LogP contribution is 2.42. The van der Waals surface area contributed by atoms with Crippen LogP contribution in [0, 0.1) is 22.2 Å². The highest BCUT2D eigenvalue weighted by atomic mass is 14.4. The minimum absolute atomic E-state index is 0.174. The van der Waals surface area contributed by atoms with Gasteiger partial charge < -0.3 is 0 Å². The van der Waals surface area contributed by atoms with Crippen molar-refractivity contribution in [3.8, 4) is 0 Å². The minimum Gasteiger partial charge on any atom is -0.0988 e. The van der Waals surface area contributed by atoms with Gasteiger partial charge in [0.15, 0.2) is 0 Å². The molecule has 0 amide bonds. The Morgan fingerprint density at radius 2 is 1.43 bits per heavy atom. The Morgan fingerprint density at radius 3 is 1.67 bits per heavy atom. The Kier molecular flexibility index (Phi) is 6.73. The van der Waals surface area contributed by atoms with Gasteiger partial charge in [0.25, 0.3) is 0 Å². The number of allylic oxidation sites excluding steroid dienone is 5. The fourth-order valence-corrected chi connectivity index (χ4v) is 2.75. The lowest BCUT2D eigenvalue weighted by Crippen LogP contribution is -2.27. The summed E-state index contributed by atoms with van der Waals surface area (Å²) < 4.78 is 0. The fourth-order valence-electron chi connectivity index (χ4n) is 2.75. The van der Waals surface area contributed by atoms with Gasteiger partial charge in [0.05, 0.1) is 0 Å². The van der Waals surface area contributed by atoms with Crippen LogP contribution in [0.15, 0.2) is 36.0 Å². The fraction of sp³-hybridized carbons (Fsp3) is 0.714. The molecular formula is C21H38. The first-order chi connectivity index (χ1) is 9.22. The normalized spacial score (nSPS) is 16.9. The quantitative estimate of drug-likeness (QED) is 0.481. The molecule has 1 atom stereocenters. The van der Waals surface area contributed by atoms with Gasteiger partial charge >= 0.3 is 0 Å². The molecule has 0 spiro atoms. The summed E-state index contributed by atoms with van der Waals surface area (Å²) in [6.45, 7) is 27.1. The average molecular weight is 291 g/mol. The van der Waals surface area contributed by atoms with E-state index in [-0.39, 0.29) is 10.8 Å². The van der Waals surface area contributed by atoms with E-state index in [0.29, 0.717) is 11.3 Å². The van der Waals surface area contributed by atoms with Crippen LogP contribution >= 0.6 is 0 Å². The standard InChI is InChI=1S/C21H38/c1-12-16(14-17(13-2)20(6,7)8)18(21(9,10)11)15-19(3,4)5/h12-14,18H,1,15H2,2-11H3. The van der Waals surface area contributed by atoms with Gasteiger partial charge in [-0.15, -0.1) is 0 Å². The van der Waals surface area contributed by atoms with Gasteiger partial charge in [-0.05, 0) is 46.7 Å². The van der Waals surface area contributed by atoms with Crippen LogP contribution < -0.4 is 0 Å². The molecule has 0 heterocycles. The molecule has 0 aromatic heterocycles. The zero-order chi connectivity index (χ0) is 17.1. The van der Waals surface area contributed by atoms with Crippen molar-refractivity contribution in [2.24, 2.45) is 22.2 Å². The summed E-state index contributed by atoms with van der Waals surface area (Å²) in [5, 5.41) is 0. The molecule has 0 rings (SSSR count). The molecule has 0 saturated carbocycles. The molecule has 0 N–H and O–H groups in total. The van der Waals surface area contributed by atoms with Crippen molar-refractivity contribution < 1.29 is 0 Å². The van der Waals surface area contributed by atoms with Crippen LogP contribution in [0.3, 0.4) is 0 Å². The lowest BCUT2D eigenvalue weighted by molar-refractivity contribution is 0.199. The van der Waals surface area contributed by atoms with E-state index in [9.17, 15) is 0 Å². The molecule has 0 radical (unpaired) electrons. The van der Waals surface area contributed by atoms with Gasteiger partial charge in [0, 0.05) is 0 Å². The number of rotatable bonds is 4. The third-order valence-corrected chi connectivity index (χ3v) is 4.00. The van der Waals surface area contributed by atoms with Crippen LogP contribution in [0.1, 0.15) is 75.7 Å². The molecule has 0 bridgehead atoms.